The molecule has 29 heavy (non-hydrogen) atoms. The van der Waals surface area contributed by atoms with E-state index < -0.39 is 0 Å². The van der Waals surface area contributed by atoms with Gasteiger partial charge in [0.25, 0.3) is 5.56 Å². The van der Waals surface area contributed by atoms with Crippen LogP contribution in [0, 0.1) is 6.92 Å². The number of hydrogen-bond donors (Lipinski definition) is 0. The van der Waals surface area contributed by atoms with E-state index in [9.17, 15) is 9.59 Å². The summed E-state index contributed by atoms with van der Waals surface area (Å²) < 4.78 is 1.53. The van der Waals surface area contributed by atoms with E-state index in [1.54, 1.807) is 12.4 Å². The van der Waals surface area contributed by atoms with Crippen LogP contribution in [0.15, 0.2) is 53.6 Å². The van der Waals surface area contributed by atoms with E-state index in [1.807, 2.05) is 48.2 Å². The van der Waals surface area contributed by atoms with Crippen LogP contribution in [0.2, 0.25) is 5.02 Å². The lowest BCUT2D eigenvalue weighted by molar-refractivity contribution is -0.131. The molecule has 3 aromatic rings. The molecule has 1 aliphatic rings. The van der Waals surface area contributed by atoms with Crippen LogP contribution in [0.1, 0.15) is 12.0 Å². The molecule has 7 heteroatoms. The first-order valence-corrected chi connectivity index (χ1v) is 10.1. The summed E-state index contributed by atoms with van der Waals surface area (Å²) in [5, 5.41) is 1.31. The first-order chi connectivity index (χ1) is 14.0. The molecule has 2 heterocycles. The average Bonchev–Trinajstić information content (AvgIpc) is 2.74. The summed E-state index contributed by atoms with van der Waals surface area (Å²) in [6.45, 7) is 5.18. The predicted molar refractivity (Wildman–Crippen MR) is 116 cm³/mol. The van der Waals surface area contributed by atoms with Gasteiger partial charge >= 0.3 is 0 Å². The molecule has 0 saturated carbocycles. The van der Waals surface area contributed by atoms with Crippen LogP contribution in [0.25, 0.3) is 10.9 Å². The zero-order valence-corrected chi connectivity index (χ0v) is 17.1. The second-order valence-electron chi connectivity index (χ2n) is 7.31. The third-order valence-corrected chi connectivity index (χ3v) is 5.70. The highest BCUT2D eigenvalue weighted by Crippen LogP contribution is 2.19. The molecule has 1 aromatic heterocycles. The minimum Gasteiger partial charge on any atom is -0.368 e. The molecule has 0 spiro atoms. The van der Waals surface area contributed by atoms with E-state index in [-0.39, 0.29) is 11.5 Å². The van der Waals surface area contributed by atoms with Crippen LogP contribution in [-0.2, 0) is 11.3 Å². The monoisotopic (exact) mass is 410 g/mol. The fourth-order valence-corrected chi connectivity index (χ4v) is 3.86. The molecule has 0 radical (unpaired) electrons. The summed E-state index contributed by atoms with van der Waals surface area (Å²) in [5.41, 5.74) is 2.71. The number of piperazine rings is 1. The number of hydrogen-bond acceptors (Lipinski definition) is 4. The number of amides is 1. The smallest absolute Gasteiger partial charge is 0.261 e. The standard InChI is InChI=1S/C22H23ClN4O2/c1-16-3-2-4-19-21(16)24-15-27(22(19)29)10-9-20(28)26-13-11-25(12-14-26)18-7-5-17(23)6-8-18/h2-8,15H,9-14H2,1H3. The van der Waals surface area contributed by atoms with Crippen molar-refractivity contribution in [1.29, 1.82) is 0 Å². The number of aryl methyl sites for hydroxylation is 2. The van der Waals surface area contributed by atoms with Gasteiger partial charge in [0.2, 0.25) is 5.91 Å². The van der Waals surface area contributed by atoms with Gasteiger partial charge in [-0.2, -0.15) is 0 Å². The van der Waals surface area contributed by atoms with Crippen molar-refractivity contribution in [1.82, 2.24) is 14.5 Å². The lowest BCUT2D eigenvalue weighted by atomic mass is 10.1. The molecular formula is C22H23ClN4O2. The number of benzene rings is 2. The maximum absolute atomic E-state index is 12.7. The van der Waals surface area contributed by atoms with Gasteiger partial charge in [-0.15, -0.1) is 0 Å². The van der Waals surface area contributed by atoms with Crippen molar-refractivity contribution in [2.45, 2.75) is 19.9 Å². The van der Waals surface area contributed by atoms with Crippen molar-refractivity contribution in [3.05, 3.63) is 69.7 Å². The minimum atomic E-state index is -0.0981. The quantitative estimate of drug-likeness (QED) is 0.663. The molecule has 1 amide bonds. The van der Waals surface area contributed by atoms with E-state index in [0.717, 1.165) is 34.9 Å². The lowest BCUT2D eigenvalue weighted by Gasteiger charge is -2.36. The fourth-order valence-electron chi connectivity index (χ4n) is 3.74. The SMILES string of the molecule is Cc1cccc2c(=O)n(CCC(=O)N3CCN(c4ccc(Cl)cc4)CC3)cnc12. The first kappa shape index (κ1) is 19.5. The molecule has 1 aliphatic heterocycles. The summed E-state index contributed by atoms with van der Waals surface area (Å²) >= 11 is 5.95. The van der Waals surface area contributed by atoms with E-state index in [2.05, 4.69) is 9.88 Å². The fraction of sp³-hybridized carbons (Fsp3) is 0.318. The largest absolute Gasteiger partial charge is 0.368 e. The Morgan fingerprint density at radius 3 is 2.52 bits per heavy atom. The number of para-hydroxylation sites is 1. The number of halogens is 1. The highest BCUT2D eigenvalue weighted by molar-refractivity contribution is 6.30. The van der Waals surface area contributed by atoms with Crippen LogP contribution in [-0.4, -0.2) is 46.5 Å². The number of aromatic nitrogens is 2. The van der Waals surface area contributed by atoms with Gasteiger partial charge in [0.05, 0.1) is 17.2 Å². The Bertz CT molecular complexity index is 1090. The average molecular weight is 411 g/mol. The van der Waals surface area contributed by atoms with Gasteiger partial charge in [-0.05, 0) is 42.8 Å². The van der Waals surface area contributed by atoms with Crippen molar-refractivity contribution in [2.24, 2.45) is 0 Å². The third kappa shape index (κ3) is 4.12. The van der Waals surface area contributed by atoms with Crippen molar-refractivity contribution < 1.29 is 4.79 Å². The number of rotatable bonds is 4. The third-order valence-electron chi connectivity index (χ3n) is 5.45. The maximum atomic E-state index is 12.7. The molecule has 4 rings (SSSR count). The van der Waals surface area contributed by atoms with Gasteiger partial charge in [-0.3, -0.25) is 14.2 Å². The molecule has 0 atom stereocenters. The van der Waals surface area contributed by atoms with Crippen LogP contribution < -0.4 is 10.5 Å². The van der Waals surface area contributed by atoms with Gasteiger partial charge in [-0.1, -0.05) is 23.7 Å². The zero-order chi connectivity index (χ0) is 20.4. The number of anilines is 1. The van der Waals surface area contributed by atoms with Gasteiger partial charge in [0.15, 0.2) is 0 Å². The molecule has 1 fully saturated rings. The highest BCUT2D eigenvalue weighted by Gasteiger charge is 2.21. The number of fused-ring (bicyclic) bond motifs is 1. The van der Waals surface area contributed by atoms with Crippen molar-refractivity contribution in [3.8, 4) is 0 Å². The lowest BCUT2D eigenvalue weighted by Crippen LogP contribution is -2.49. The Labute approximate surface area is 174 Å². The van der Waals surface area contributed by atoms with E-state index in [1.165, 1.54) is 4.57 Å². The van der Waals surface area contributed by atoms with Gasteiger partial charge in [0.1, 0.15) is 0 Å². The topological polar surface area (TPSA) is 58.4 Å². The number of carbonyl (C=O) groups is 1. The van der Waals surface area contributed by atoms with E-state index in [0.29, 0.717) is 31.4 Å². The van der Waals surface area contributed by atoms with Crippen molar-refractivity contribution in [2.75, 3.05) is 31.1 Å². The minimum absolute atomic E-state index is 0.0667. The normalized spacial score (nSPS) is 14.4. The Hall–Kier alpha value is -2.86. The van der Waals surface area contributed by atoms with Crippen molar-refractivity contribution >= 4 is 34.1 Å². The molecule has 0 aliphatic carbocycles. The first-order valence-electron chi connectivity index (χ1n) is 9.76. The molecule has 0 N–H and O–H groups in total. The van der Waals surface area contributed by atoms with E-state index >= 15 is 0 Å². The Morgan fingerprint density at radius 2 is 1.79 bits per heavy atom. The Morgan fingerprint density at radius 1 is 1.07 bits per heavy atom. The highest BCUT2D eigenvalue weighted by atomic mass is 35.5. The summed E-state index contributed by atoms with van der Waals surface area (Å²) in [6.07, 6.45) is 1.84. The second-order valence-corrected chi connectivity index (χ2v) is 7.74. The number of nitrogens with zero attached hydrogens (tertiary/aromatic N) is 4. The Kier molecular flexibility index (Phi) is 5.53. The van der Waals surface area contributed by atoms with Crippen molar-refractivity contribution in [3.63, 3.8) is 0 Å². The number of carbonyl (C=O) groups excluding carboxylic acids is 1. The summed E-state index contributed by atoms with van der Waals surface area (Å²) in [6, 6.07) is 13.3. The van der Waals surface area contributed by atoms with Crippen LogP contribution in [0.4, 0.5) is 5.69 Å². The zero-order valence-electron chi connectivity index (χ0n) is 16.3. The molecule has 150 valence electrons. The van der Waals surface area contributed by atoms with Gasteiger partial charge in [-0.25, -0.2) is 4.98 Å². The molecular weight excluding hydrogens is 388 g/mol. The second kappa shape index (κ2) is 8.25. The van der Waals surface area contributed by atoms with Crippen LogP contribution in [0.5, 0.6) is 0 Å². The summed E-state index contributed by atoms with van der Waals surface area (Å²) in [5.74, 6) is 0.0667. The van der Waals surface area contributed by atoms with Crippen LogP contribution in [0.3, 0.4) is 0 Å². The predicted octanol–water partition coefficient (Wildman–Crippen LogP) is 3.10. The Balaban J connectivity index is 1.36. The molecule has 0 unspecified atom stereocenters. The molecule has 6 nitrogen and oxygen atoms in total. The molecule has 1 saturated heterocycles. The maximum Gasteiger partial charge on any atom is 0.261 e. The van der Waals surface area contributed by atoms with E-state index in [4.69, 9.17) is 11.6 Å². The van der Waals surface area contributed by atoms with Gasteiger partial charge < -0.3 is 9.80 Å². The van der Waals surface area contributed by atoms with Crippen LogP contribution >= 0.6 is 11.6 Å². The molecule has 2 aromatic carbocycles. The summed E-state index contributed by atoms with van der Waals surface area (Å²) in [7, 11) is 0. The van der Waals surface area contributed by atoms with Gasteiger partial charge in [0, 0.05) is 49.9 Å². The molecule has 0 bridgehead atoms. The summed E-state index contributed by atoms with van der Waals surface area (Å²) in [4.78, 5) is 33.8.